The maximum Gasteiger partial charge on any atom is 0.245 e. The highest BCUT2D eigenvalue weighted by Crippen LogP contribution is 2.55. The van der Waals surface area contributed by atoms with Crippen LogP contribution in [0.4, 0.5) is 11.4 Å². The molecular formula is C23H16BrClN4O2. The van der Waals surface area contributed by atoms with Crippen molar-refractivity contribution in [2.45, 2.75) is 24.7 Å². The number of amides is 1. The van der Waals surface area contributed by atoms with E-state index >= 15 is 0 Å². The smallest absolute Gasteiger partial charge is 0.245 e. The van der Waals surface area contributed by atoms with E-state index in [0.717, 1.165) is 4.47 Å². The quantitative estimate of drug-likeness (QED) is 0.606. The van der Waals surface area contributed by atoms with Crippen LogP contribution in [0.15, 0.2) is 69.6 Å². The number of rotatable bonds is 1. The second kappa shape index (κ2) is 6.98. The molecule has 0 saturated heterocycles. The number of para-hydroxylation sites is 1. The third kappa shape index (κ3) is 2.55. The second-order valence-corrected chi connectivity index (χ2v) is 8.97. The Bertz CT molecular complexity index is 1290. The molecule has 1 atom stereocenters. The number of hydrogen-bond donors (Lipinski definition) is 2. The van der Waals surface area contributed by atoms with Gasteiger partial charge in [0, 0.05) is 33.4 Å². The van der Waals surface area contributed by atoms with Crippen molar-refractivity contribution in [2.75, 3.05) is 10.2 Å². The molecule has 2 aromatic carbocycles. The molecule has 2 aliphatic heterocycles. The van der Waals surface area contributed by atoms with Gasteiger partial charge in [-0.15, -0.1) is 0 Å². The molecule has 0 aromatic heterocycles. The van der Waals surface area contributed by atoms with Crippen molar-refractivity contribution in [3.63, 3.8) is 0 Å². The predicted octanol–water partition coefficient (Wildman–Crippen LogP) is 4.51. The molecule has 2 aromatic rings. The number of carbonyl (C=O) groups is 2. The molecule has 3 N–H and O–H groups in total. The molecule has 2 heterocycles. The zero-order valence-corrected chi connectivity index (χ0v) is 18.5. The van der Waals surface area contributed by atoms with Crippen LogP contribution in [0, 0.1) is 11.3 Å². The molecule has 0 radical (unpaired) electrons. The maximum atomic E-state index is 13.5. The van der Waals surface area contributed by atoms with Crippen LogP contribution in [0.3, 0.4) is 0 Å². The van der Waals surface area contributed by atoms with E-state index in [0.29, 0.717) is 52.5 Å². The third-order valence-electron chi connectivity index (χ3n) is 6.08. The first-order chi connectivity index (χ1) is 14.9. The Labute approximate surface area is 192 Å². The topological polar surface area (TPSA) is 99.2 Å². The number of hydrogen-bond acceptors (Lipinski definition) is 5. The number of nitriles is 1. The lowest BCUT2D eigenvalue weighted by molar-refractivity contribution is -0.122. The van der Waals surface area contributed by atoms with Crippen molar-refractivity contribution in [3.05, 3.63) is 80.2 Å². The molecule has 31 heavy (non-hydrogen) atoms. The molecule has 154 valence electrons. The van der Waals surface area contributed by atoms with E-state index in [1.54, 1.807) is 41.3 Å². The molecule has 1 aliphatic carbocycles. The van der Waals surface area contributed by atoms with Gasteiger partial charge < -0.3 is 11.1 Å². The number of nitrogens with zero attached hydrogens (tertiary/aromatic N) is 2. The summed E-state index contributed by atoms with van der Waals surface area (Å²) in [6, 6.07) is 14.6. The van der Waals surface area contributed by atoms with Gasteiger partial charge in [-0.3, -0.25) is 14.5 Å². The van der Waals surface area contributed by atoms with Crippen molar-refractivity contribution in [1.29, 1.82) is 5.26 Å². The predicted molar refractivity (Wildman–Crippen MR) is 121 cm³/mol. The van der Waals surface area contributed by atoms with Crippen molar-refractivity contribution >= 4 is 50.6 Å². The molecule has 0 fully saturated rings. The van der Waals surface area contributed by atoms with Crippen LogP contribution in [0.2, 0.25) is 5.02 Å². The summed E-state index contributed by atoms with van der Waals surface area (Å²) >= 11 is 9.92. The summed E-state index contributed by atoms with van der Waals surface area (Å²) in [6.07, 6.45) is 1.45. The number of carbonyl (C=O) groups excluding carboxylic acids is 2. The van der Waals surface area contributed by atoms with Gasteiger partial charge >= 0.3 is 0 Å². The summed E-state index contributed by atoms with van der Waals surface area (Å²) in [5, 5.41) is 13.5. The second-order valence-electron chi connectivity index (χ2n) is 7.65. The van der Waals surface area contributed by atoms with E-state index in [4.69, 9.17) is 17.3 Å². The summed E-state index contributed by atoms with van der Waals surface area (Å²) in [7, 11) is 0. The first-order valence-electron chi connectivity index (χ1n) is 9.74. The number of nitrogens with two attached hydrogens (primary N) is 1. The van der Waals surface area contributed by atoms with Gasteiger partial charge in [0.15, 0.2) is 5.78 Å². The average Bonchev–Trinajstić information content (AvgIpc) is 3.01. The van der Waals surface area contributed by atoms with Crippen molar-refractivity contribution in [2.24, 2.45) is 5.73 Å². The molecule has 1 spiro atoms. The Hall–Kier alpha value is -3.08. The summed E-state index contributed by atoms with van der Waals surface area (Å²) in [5.41, 5.74) is 7.63. The molecule has 6 nitrogen and oxygen atoms in total. The minimum atomic E-state index is -1.58. The molecule has 3 aliphatic rings. The lowest BCUT2D eigenvalue weighted by atomic mass is 9.64. The zero-order chi connectivity index (χ0) is 21.9. The number of benzene rings is 2. The van der Waals surface area contributed by atoms with Gasteiger partial charge in [-0.1, -0.05) is 39.7 Å². The van der Waals surface area contributed by atoms with Gasteiger partial charge in [-0.2, -0.15) is 5.26 Å². The molecule has 1 amide bonds. The number of nitrogens with one attached hydrogen (secondary N) is 1. The van der Waals surface area contributed by atoms with Gasteiger partial charge in [-0.25, -0.2) is 0 Å². The van der Waals surface area contributed by atoms with E-state index in [9.17, 15) is 14.9 Å². The Morgan fingerprint density at radius 2 is 1.97 bits per heavy atom. The van der Waals surface area contributed by atoms with Gasteiger partial charge in [0.25, 0.3) is 0 Å². The minimum absolute atomic E-state index is 0.0239. The maximum absolute atomic E-state index is 13.5. The molecule has 1 unspecified atom stereocenters. The monoisotopic (exact) mass is 494 g/mol. The Morgan fingerprint density at radius 1 is 1.19 bits per heavy atom. The summed E-state index contributed by atoms with van der Waals surface area (Å²) < 4.78 is 0.733. The van der Waals surface area contributed by atoms with E-state index in [2.05, 4.69) is 27.3 Å². The molecule has 0 bridgehead atoms. The number of Topliss-reactive ketones (excluding diaryl/α,β-unsaturated/α-hetero) is 1. The SMILES string of the molecule is N#CC1=C(N)N(c2ccccc2Cl)C2=C(C(=O)CCC2)C12C(=O)Nc1ccc(Br)cc12. The van der Waals surface area contributed by atoms with Crippen molar-refractivity contribution < 1.29 is 9.59 Å². The molecule has 5 rings (SSSR count). The van der Waals surface area contributed by atoms with Crippen LogP contribution < -0.4 is 16.0 Å². The van der Waals surface area contributed by atoms with Crippen LogP contribution in [0.1, 0.15) is 24.8 Å². The van der Waals surface area contributed by atoms with E-state index in [-0.39, 0.29) is 17.2 Å². The van der Waals surface area contributed by atoms with Gasteiger partial charge in [0.1, 0.15) is 17.3 Å². The number of fused-ring (bicyclic) bond motifs is 3. The van der Waals surface area contributed by atoms with Gasteiger partial charge in [0.2, 0.25) is 5.91 Å². The third-order valence-corrected chi connectivity index (χ3v) is 6.89. The Kier molecular flexibility index (Phi) is 4.47. The fraction of sp³-hybridized carbons (Fsp3) is 0.174. The zero-order valence-electron chi connectivity index (χ0n) is 16.2. The van der Waals surface area contributed by atoms with Crippen LogP contribution in [-0.4, -0.2) is 11.7 Å². The Balaban J connectivity index is 1.91. The van der Waals surface area contributed by atoms with E-state index < -0.39 is 11.3 Å². The van der Waals surface area contributed by atoms with Gasteiger partial charge in [-0.05, 0) is 43.2 Å². The minimum Gasteiger partial charge on any atom is -0.384 e. The molecule has 0 saturated carbocycles. The highest BCUT2D eigenvalue weighted by Gasteiger charge is 2.60. The fourth-order valence-electron chi connectivity index (χ4n) is 4.87. The van der Waals surface area contributed by atoms with Crippen molar-refractivity contribution in [1.82, 2.24) is 0 Å². The largest absolute Gasteiger partial charge is 0.384 e. The lowest BCUT2D eigenvalue weighted by Crippen LogP contribution is -2.50. The summed E-state index contributed by atoms with van der Waals surface area (Å²) in [5.74, 6) is -0.504. The van der Waals surface area contributed by atoms with Crippen LogP contribution in [0.5, 0.6) is 0 Å². The highest BCUT2D eigenvalue weighted by molar-refractivity contribution is 9.10. The summed E-state index contributed by atoms with van der Waals surface area (Å²) in [6.45, 7) is 0. The summed E-state index contributed by atoms with van der Waals surface area (Å²) in [4.78, 5) is 28.6. The van der Waals surface area contributed by atoms with Crippen LogP contribution >= 0.6 is 27.5 Å². The Morgan fingerprint density at radius 3 is 2.71 bits per heavy atom. The molecule has 8 heteroatoms. The van der Waals surface area contributed by atoms with E-state index in [1.807, 2.05) is 6.07 Å². The number of halogens is 2. The first-order valence-corrected chi connectivity index (χ1v) is 10.9. The number of ketones is 1. The van der Waals surface area contributed by atoms with Crippen LogP contribution in [-0.2, 0) is 15.0 Å². The first kappa shape index (κ1) is 19.9. The van der Waals surface area contributed by atoms with E-state index in [1.165, 1.54) is 0 Å². The molecular weight excluding hydrogens is 480 g/mol. The fourth-order valence-corrected chi connectivity index (χ4v) is 5.45. The van der Waals surface area contributed by atoms with Crippen molar-refractivity contribution in [3.8, 4) is 6.07 Å². The number of anilines is 2. The lowest BCUT2D eigenvalue weighted by Gasteiger charge is -2.43. The van der Waals surface area contributed by atoms with Crippen LogP contribution in [0.25, 0.3) is 0 Å². The standard InChI is InChI=1S/C23H16BrClN4O2/c24-12-8-9-16-13(10-12)23(22(31)28-16)14(11-26)21(27)29(17-5-2-1-4-15(17)25)18-6-3-7-19(30)20(18)23/h1-2,4-5,8-10H,3,6-7,27H2,(H,28,31). The highest BCUT2D eigenvalue weighted by atomic mass is 79.9. The van der Waals surface area contributed by atoms with Gasteiger partial charge in [0.05, 0.1) is 16.3 Å². The average molecular weight is 496 g/mol. The number of allylic oxidation sites excluding steroid dienone is 1. The normalized spacial score (nSPS) is 22.4.